The molecule has 0 aliphatic carbocycles. The van der Waals surface area contributed by atoms with Crippen molar-refractivity contribution in [3.63, 3.8) is 0 Å². The summed E-state index contributed by atoms with van der Waals surface area (Å²) < 4.78 is 10.7. The molecule has 0 aromatic carbocycles. The molecule has 3 heteroatoms. The van der Waals surface area contributed by atoms with E-state index in [-0.39, 0.29) is 5.38 Å². The van der Waals surface area contributed by atoms with E-state index in [1.807, 2.05) is 0 Å². The van der Waals surface area contributed by atoms with Crippen LogP contribution >= 0.6 is 11.6 Å². The van der Waals surface area contributed by atoms with Crippen LogP contribution in [-0.4, -0.2) is 25.4 Å². The molecule has 2 atom stereocenters. The van der Waals surface area contributed by atoms with Crippen LogP contribution in [0.25, 0.3) is 0 Å². The van der Waals surface area contributed by atoms with Gasteiger partial charge in [-0.25, -0.2) is 0 Å². The van der Waals surface area contributed by atoms with Crippen molar-refractivity contribution in [2.75, 3.05) is 20.0 Å². The maximum Gasteiger partial charge on any atom is 0.146 e. The first kappa shape index (κ1) is 16.2. The van der Waals surface area contributed by atoms with Crippen molar-refractivity contribution in [3.05, 3.63) is 0 Å². The van der Waals surface area contributed by atoms with Crippen LogP contribution in [-0.2, 0) is 9.47 Å². The van der Waals surface area contributed by atoms with E-state index >= 15 is 0 Å². The van der Waals surface area contributed by atoms with Gasteiger partial charge in [-0.3, -0.25) is 0 Å². The number of rotatable bonds is 11. The molecule has 0 N–H and O–H groups in total. The molecule has 0 rings (SSSR count). The van der Waals surface area contributed by atoms with Gasteiger partial charge in [-0.15, -0.1) is 11.6 Å². The van der Waals surface area contributed by atoms with Crippen molar-refractivity contribution in [2.45, 2.75) is 58.3 Å². The molecule has 0 aliphatic heterocycles. The summed E-state index contributed by atoms with van der Waals surface area (Å²) in [6, 6.07) is 0. The van der Waals surface area contributed by atoms with Gasteiger partial charge in [0.1, 0.15) is 6.79 Å². The minimum atomic E-state index is 0.285. The van der Waals surface area contributed by atoms with Crippen LogP contribution in [0.4, 0.5) is 0 Å². The molecule has 98 valence electrons. The molecule has 0 aliphatic rings. The van der Waals surface area contributed by atoms with Crippen LogP contribution in [0.5, 0.6) is 0 Å². The predicted molar refractivity (Wildman–Crippen MR) is 70.0 cm³/mol. The Morgan fingerprint density at radius 2 is 1.69 bits per heavy atom. The SMILES string of the molecule is CCCCOCOCCCC(C)CC(C)Cl. The molecule has 0 fully saturated rings. The van der Waals surface area contributed by atoms with Gasteiger partial charge < -0.3 is 9.47 Å². The molecule has 2 unspecified atom stereocenters. The fraction of sp³-hybridized carbons (Fsp3) is 1.00. The summed E-state index contributed by atoms with van der Waals surface area (Å²) in [5.41, 5.74) is 0. The quantitative estimate of drug-likeness (QED) is 0.311. The van der Waals surface area contributed by atoms with Gasteiger partial charge in [0.15, 0.2) is 0 Å². The lowest BCUT2D eigenvalue weighted by atomic mass is 10.0. The zero-order valence-corrected chi connectivity index (χ0v) is 11.8. The summed E-state index contributed by atoms with van der Waals surface area (Å²) in [4.78, 5) is 0. The zero-order chi connectivity index (χ0) is 12.2. The van der Waals surface area contributed by atoms with Crippen LogP contribution in [0.2, 0.25) is 0 Å². The molecule has 0 radical (unpaired) electrons. The fourth-order valence-corrected chi connectivity index (χ4v) is 1.93. The highest BCUT2D eigenvalue weighted by Crippen LogP contribution is 2.15. The first-order valence-corrected chi connectivity index (χ1v) is 6.90. The van der Waals surface area contributed by atoms with Gasteiger partial charge in [0.05, 0.1) is 0 Å². The lowest BCUT2D eigenvalue weighted by Gasteiger charge is -2.12. The summed E-state index contributed by atoms with van der Waals surface area (Å²) in [6.45, 7) is 8.51. The lowest BCUT2D eigenvalue weighted by Crippen LogP contribution is -2.06. The van der Waals surface area contributed by atoms with E-state index in [9.17, 15) is 0 Å². The molecule has 2 nitrogen and oxygen atoms in total. The third-order valence-corrected chi connectivity index (χ3v) is 2.70. The van der Waals surface area contributed by atoms with Gasteiger partial charge in [-0.1, -0.05) is 20.3 Å². The lowest BCUT2D eigenvalue weighted by molar-refractivity contribution is -0.0558. The summed E-state index contributed by atoms with van der Waals surface area (Å²) >= 11 is 5.93. The monoisotopic (exact) mass is 250 g/mol. The second-order valence-corrected chi connectivity index (χ2v) is 5.30. The molecule has 0 saturated carbocycles. The van der Waals surface area contributed by atoms with E-state index in [2.05, 4.69) is 20.8 Å². The van der Waals surface area contributed by atoms with Gasteiger partial charge in [0, 0.05) is 18.6 Å². The first-order chi connectivity index (χ1) is 7.66. The Hall–Kier alpha value is 0.210. The summed E-state index contributed by atoms with van der Waals surface area (Å²) in [5, 5.41) is 0.285. The number of hydrogen-bond acceptors (Lipinski definition) is 2. The number of unbranched alkanes of at least 4 members (excludes halogenated alkanes) is 1. The Morgan fingerprint density at radius 3 is 2.25 bits per heavy atom. The molecular formula is C13H27ClO2. The average Bonchev–Trinajstić information content (AvgIpc) is 2.21. The minimum Gasteiger partial charge on any atom is -0.355 e. The van der Waals surface area contributed by atoms with Crippen LogP contribution in [0.3, 0.4) is 0 Å². The van der Waals surface area contributed by atoms with Crippen molar-refractivity contribution in [1.82, 2.24) is 0 Å². The predicted octanol–water partition coefficient (Wildman–Crippen LogP) is 4.21. The Balaban J connectivity index is 3.08. The largest absolute Gasteiger partial charge is 0.355 e. The normalized spacial score (nSPS) is 15.0. The molecular weight excluding hydrogens is 224 g/mol. The van der Waals surface area contributed by atoms with Gasteiger partial charge in [-0.2, -0.15) is 0 Å². The van der Waals surface area contributed by atoms with Crippen molar-refractivity contribution in [3.8, 4) is 0 Å². The highest BCUT2D eigenvalue weighted by atomic mass is 35.5. The van der Waals surface area contributed by atoms with E-state index in [1.165, 1.54) is 12.8 Å². The third kappa shape index (κ3) is 12.3. The number of ether oxygens (including phenoxy) is 2. The smallest absolute Gasteiger partial charge is 0.146 e. The Labute approximate surface area is 106 Å². The fourth-order valence-electron chi connectivity index (χ4n) is 1.63. The minimum absolute atomic E-state index is 0.285. The Kier molecular flexibility index (Phi) is 11.8. The first-order valence-electron chi connectivity index (χ1n) is 6.46. The second kappa shape index (κ2) is 11.7. The van der Waals surface area contributed by atoms with Crippen molar-refractivity contribution in [1.29, 1.82) is 0 Å². The van der Waals surface area contributed by atoms with Crippen LogP contribution in [0.1, 0.15) is 52.9 Å². The van der Waals surface area contributed by atoms with E-state index in [0.717, 1.165) is 32.5 Å². The highest BCUT2D eigenvalue weighted by Gasteiger charge is 2.05. The van der Waals surface area contributed by atoms with E-state index < -0.39 is 0 Å². The Bertz CT molecular complexity index is 140. The maximum absolute atomic E-state index is 5.93. The maximum atomic E-state index is 5.93. The summed E-state index contributed by atoms with van der Waals surface area (Å²) in [5.74, 6) is 0.692. The second-order valence-electron chi connectivity index (χ2n) is 4.55. The molecule has 0 spiro atoms. The molecule has 16 heavy (non-hydrogen) atoms. The molecule has 0 aromatic rings. The third-order valence-electron chi connectivity index (χ3n) is 2.52. The van der Waals surface area contributed by atoms with Gasteiger partial charge in [0.2, 0.25) is 0 Å². The summed E-state index contributed by atoms with van der Waals surface area (Å²) in [6.07, 6.45) is 5.67. The van der Waals surface area contributed by atoms with Crippen LogP contribution in [0, 0.1) is 5.92 Å². The molecule has 0 heterocycles. The van der Waals surface area contributed by atoms with Crippen molar-refractivity contribution in [2.24, 2.45) is 5.92 Å². The van der Waals surface area contributed by atoms with Gasteiger partial charge >= 0.3 is 0 Å². The van der Waals surface area contributed by atoms with Gasteiger partial charge in [0.25, 0.3) is 0 Å². The van der Waals surface area contributed by atoms with E-state index in [0.29, 0.717) is 12.7 Å². The summed E-state index contributed by atoms with van der Waals surface area (Å²) in [7, 11) is 0. The number of alkyl halides is 1. The molecule has 0 saturated heterocycles. The van der Waals surface area contributed by atoms with E-state index in [4.69, 9.17) is 21.1 Å². The Morgan fingerprint density at radius 1 is 1.06 bits per heavy atom. The van der Waals surface area contributed by atoms with Crippen molar-refractivity contribution < 1.29 is 9.47 Å². The standard InChI is InChI=1S/C13H27ClO2/c1-4-5-8-15-11-16-9-6-7-12(2)10-13(3)14/h12-13H,4-11H2,1-3H3. The number of halogens is 1. The van der Waals surface area contributed by atoms with Gasteiger partial charge in [-0.05, 0) is 38.5 Å². The van der Waals surface area contributed by atoms with Crippen molar-refractivity contribution >= 4 is 11.6 Å². The zero-order valence-electron chi connectivity index (χ0n) is 11.0. The van der Waals surface area contributed by atoms with Crippen LogP contribution in [0.15, 0.2) is 0 Å². The molecule has 0 bridgehead atoms. The molecule has 0 amide bonds. The molecule has 0 aromatic heterocycles. The average molecular weight is 251 g/mol. The number of hydrogen-bond donors (Lipinski definition) is 0. The highest BCUT2D eigenvalue weighted by molar-refractivity contribution is 6.20. The topological polar surface area (TPSA) is 18.5 Å². The van der Waals surface area contributed by atoms with Crippen LogP contribution < -0.4 is 0 Å². The van der Waals surface area contributed by atoms with E-state index in [1.54, 1.807) is 0 Å².